The Bertz CT molecular complexity index is 348. The fraction of sp³-hybridized carbons (Fsp3) is 0.636. The average molecular weight is 207 g/mol. The Hall–Kier alpha value is -1.16. The lowest BCUT2D eigenvalue weighted by atomic mass is 10.3. The van der Waals surface area contributed by atoms with Crippen LogP contribution in [-0.2, 0) is 11.3 Å². The molecule has 1 aromatic rings. The van der Waals surface area contributed by atoms with E-state index in [9.17, 15) is 0 Å². The first kappa shape index (κ1) is 10.4. The van der Waals surface area contributed by atoms with Crippen molar-refractivity contribution in [2.45, 2.75) is 45.3 Å². The van der Waals surface area contributed by atoms with E-state index in [0.29, 0.717) is 18.3 Å². The van der Waals surface area contributed by atoms with Crippen molar-refractivity contribution in [2.24, 2.45) is 0 Å². The summed E-state index contributed by atoms with van der Waals surface area (Å²) in [6.45, 7) is 4.49. The van der Waals surface area contributed by atoms with Crippen LogP contribution in [0.3, 0.4) is 0 Å². The summed E-state index contributed by atoms with van der Waals surface area (Å²) in [4.78, 5) is 8.61. The second kappa shape index (κ2) is 4.14. The van der Waals surface area contributed by atoms with E-state index in [1.165, 1.54) is 12.8 Å². The first-order valence-electron chi connectivity index (χ1n) is 5.39. The number of ether oxygens (including phenoxy) is 1. The standard InChI is InChI=1S/C11H17N3O/c1-7(2)15-6-9-5-13-11(8-3-4-8)14-10(9)12/h5,7-8H,3-4,6H2,1-2H3,(H2,12,13,14). The van der Waals surface area contributed by atoms with Gasteiger partial charge in [-0.25, -0.2) is 9.97 Å². The molecule has 1 aliphatic rings. The van der Waals surface area contributed by atoms with Crippen LogP contribution in [0.25, 0.3) is 0 Å². The van der Waals surface area contributed by atoms with Crippen LogP contribution in [0.15, 0.2) is 6.20 Å². The Kier molecular flexibility index (Phi) is 2.86. The molecule has 1 fully saturated rings. The van der Waals surface area contributed by atoms with Crippen molar-refractivity contribution in [2.75, 3.05) is 5.73 Å². The minimum Gasteiger partial charge on any atom is -0.383 e. The maximum atomic E-state index is 5.84. The van der Waals surface area contributed by atoms with Gasteiger partial charge in [0.05, 0.1) is 12.7 Å². The van der Waals surface area contributed by atoms with Crippen LogP contribution in [0.1, 0.15) is 44.0 Å². The zero-order valence-corrected chi connectivity index (χ0v) is 9.23. The fourth-order valence-electron chi connectivity index (χ4n) is 1.34. The molecule has 4 heteroatoms. The normalized spacial score (nSPS) is 15.9. The number of hydrogen-bond acceptors (Lipinski definition) is 4. The van der Waals surface area contributed by atoms with Gasteiger partial charge in [-0.15, -0.1) is 0 Å². The first-order valence-corrected chi connectivity index (χ1v) is 5.39. The van der Waals surface area contributed by atoms with Gasteiger partial charge in [-0.1, -0.05) is 0 Å². The number of nitrogens with zero attached hydrogens (tertiary/aromatic N) is 2. The number of rotatable bonds is 4. The SMILES string of the molecule is CC(C)OCc1cnc(C2CC2)nc1N. The van der Waals surface area contributed by atoms with Crippen LogP contribution in [0.5, 0.6) is 0 Å². The largest absolute Gasteiger partial charge is 0.383 e. The molecule has 1 aliphatic carbocycles. The molecule has 2 rings (SSSR count). The summed E-state index contributed by atoms with van der Waals surface area (Å²) in [5, 5.41) is 0. The van der Waals surface area contributed by atoms with Crippen LogP contribution in [0.4, 0.5) is 5.82 Å². The third kappa shape index (κ3) is 2.65. The van der Waals surface area contributed by atoms with Crippen molar-refractivity contribution < 1.29 is 4.74 Å². The molecule has 0 saturated heterocycles. The quantitative estimate of drug-likeness (QED) is 0.818. The maximum Gasteiger partial charge on any atom is 0.133 e. The summed E-state index contributed by atoms with van der Waals surface area (Å²) in [6.07, 6.45) is 4.38. The zero-order chi connectivity index (χ0) is 10.8. The molecular formula is C11H17N3O. The highest BCUT2D eigenvalue weighted by molar-refractivity contribution is 5.37. The predicted molar refractivity (Wildman–Crippen MR) is 58.3 cm³/mol. The molecule has 0 aliphatic heterocycles. The molecular weight excluding hydrogens is 190 g/mol. The van der Waals surface area contributed by atoms with E-state index in [-0.39, 0.29) is 6.10 Å². The third-order valence-electron chi connectivity index (χ3n) is 2.43. The Labute approximate surface area is 89.9 Å². The van der Waals surface area contributed by atoms with Crippen LogP contribution < -0.4 is 5.73 Å². The number of nitrogen functional groups attached to an aromatic ring is 1. The maximum absolute atomic E-state index is 5.84. The Balaban J connectivity index is 2.05. The third-order valence-corrected chi connectivity index (χ3v) is 2.43. The first-order chi connectivity index (χ1) is 7.16. The molecule has 2 N–H and O–H groups in total. The van der Waals surface area contributed by atoms with Gasteiger partial charge in [0.2, 0.25) is 0 Å². The second-order valence-corrected chi connectivity index (χ2v) is 4.27. The molecule has 0 atom stereocenters. The van der Waals surface area contributed by atoms with Crippen molar-refractivity contribution in [3.8, 4) is 0 Å². The van der Waals surface area contributed by atoms with Gasteiger partial charge in [0.15, 0.2) is 0 Å². The lowest BCUT2D eigenvalue weighted by Crippen LogP contribution is -2.07. The van der Waals surface area contributed by atoms with Crippen molar-refractivity contribution in [1.29, 1.82) is 0 Å². The molecule has 0 spiro atoms. The number of hydrogen-bond donors (Lipinski definition) is 1. The van der Waals surface area contributed by atoms with Gasteiger partial charge in [-0.05, 0) is 26.7 Å². The lowest BCUT2D eigenvalue weighted by Gasteiger charge is -2.09. The molecule has 0 radical (unpaired) electrons. The molecule has 0 unspecified atom stereocenters. The Morgan fingerprint density at radius 3 is 2.80 bits per heavy atom. The zero-order valence-electron chi connectivity index (χ0n) is 9.23. The topological polar surface area (TPSA) is 61.0 Å². The summed E-state index contributed by atoms with van der Waals surface area (Å²) in [6, 6.07) is 0. The molecule has 0 aromatic carbocycles. The lowest BCUT2D eigenvalue weighted by molar-refractivity contribution is 0.0657. The monoisotopic (exact) mass is 207 g/mol. The molecule has 1 saturated carbocycles. The Morgan fingerprint density at radius 1 is 1.53 bits per heavy atom. The highest BCUT2D eigenvalue weighted by Gasteiger charge is 2.26. The summed E-state index contributed by atoms with van der Waals surface area (Å²) in [5.41, 5.74) is 6.72. The van der Waals surface area contributed by atoms with Crippen LogP contribution in [0.2, 0.25) is 0 Å². The molecule has 0 amide bonds. The molecule has 4 nitrogen and oxygen atoms in total. The number of anilines is 1. The fourth-order valence-corrected chi connectivity index (χ4v) is 1.34. The van der Waals surface area contributed by atoms with Crippen molar-refractivity contribution in [3.63, 3.8) is 0 Å². The predicted octanol–water partition coefficient (Wildman–Crippen LogP) is 1.86. The molecule has 0 bridgehead atoms. The van der Waals surface area contributed by atoms with Crippen molar-refractivity contribution in [1.82, 2.24) is 9.97 Å². The van der Waals surface area contributed by atoms with Gasteiger partial charge >= 0.3 is 0 Å². The highest BCUT2D eigenvalue weighted by atomic mass is 16.5. The minimum absolute atomic E-state index is 0.201. The highest BCUT2D eigenvalue weighted by Crippen LogP contribution is 2.38. The molecule has 15 heavy (non-hydrogen) atoms. The van der Waals surface area contributed by atoms with E-state index in [0.717, 1.165) is 11.4 Å². The summed E-state index contributed by atoms with van der Waals surface area (Å²) in [7, 11) is 0. The molecule has 1 aromatic heterocycles. The van der Waals surface area contributed by atoms with E-state index < -0.39 is 0 Å². The van der Waals surface area contributed by atoms with E-state index in [4.69, 9.17) is 10.5 Å². The van der Waals surface area contributed by atoms with E-state index in [2.05, 4.69) is 9.97 Å². The van der Waals surface area contributed by atoms with Crippen molar-refractivity contribution in [3.05, 3.63) is 17.6 Å². The van der Waals surface area contributed by atoms with E-state index in [1.807, 2.05) is 13.8 Å². The van der Waals surface area contributed by atoms with Gasteiger partial charge < -0.3 is 10.5 Å². The van der Waals surface area contributed by atoms with Gasteiger partial charge in [-0.2, -0.15) is 0 Å². The summed E-state index contributed by atoms with van der Waals surface area (Å²) in [5.74, 6) is 2.00. The number of nitrogens with two attached hydrogens (primary N) is 1. The van der Waals surface area contributed by atoms with E-state index in [1.54, 1.807) is 6.20 Å². The van der Waals surface area contributed by atoms with Crippen LogP contribution in [0, 0.1) is 0 Å². The van der Waals surface area contributed by atoms with Gasteiger partial charge in [-0.3, -0.25) is 0 Å². The van der Waals surface area contributed by atoms with Gasteiger partial charge in [0.25, 0.3) is 0 Å². The summed E-state index contributed by atoms with van der Waals surface area (Å²) < 4.78 is 5.46. The minimum atomic E-state index is 0.201. The number of aromatic nitrogens is 2. The molecule has 82 valence electrons. The smallest absolute Gasteiger partial charge is 0.133 e. The van der Waals surface area contributed by atoms with Gasteiger partial charge in [0.1, 0.15) is 11.6 Å². The molecule has 1 heterocycles. The Morgan fingerprint density at radius 2 is 2.27 bits per heavy atom. The average Bonchev–Trinajstić information content (AvgIpc) is 2.98. The van der Waals surface area contributed by atoms with Gasteiger partial charge in [0, 0.05) is 17.7 Å². The second-order valence-electron chi connectivity index (χ2n) is 4.27. The van der Waals surface area contributed by atoms with Crippen molar-refractivity contribution >= 4 is 5.82 Å². The summed E-state index contributed by atoms with van der Waals surface area (Å²) >= 11 is 0. The van der Waals surface area contributed by atoms with E-state index >= 15 is 0 Å². The van der Waals surface area contributed by atoms with Crippen LogP contribution in [-0.4, -0.2) is 16.1 Å². The van der Waals surface area contributed by atoms with Crippen LogP contribution >= 0.6 is 0 Å².